The molecule has 2 aromatic rings. The van der Waals surface area contributed by atoms with E-state index >= 15 is 0 Å². The van der Waals surface area contributed by atoms with Crippen molar-refractivity contribution in [2.75, 3.05) is 33.4 Å². The van der Waals surface area contributed by atoms with E-state index in [4.69, 9.17) is 14.3 Å². The molecule has 5 heteroatoms. The van der Waals surface area contributed by atoms with Gasteiger partial charge in [0.2, 0.25) is 0 Å². The van der Waals surface area contributed by atoms with Gasteiger partial charge in [-0.3, -0.25) is 0 Å². The highest BCUT2D eigenvalue weighted by Crippen LogP contribution is 2.28. The number of rotatable bonds is 13. The minimum absolute atomic E-state index is 0.583. The summed E-state index contributed by atoms with van der Waals surface area (Å²) in [5.41, 5.74) is 4.39. The Hall–Kier alpha value is -2.79. The Kier molecular flexibility index (Phi) is 10.5. The first-order valence-electron chi connectivity index (χ1n) is 10.5. The predicted octanol–water partition coefficient (Wildman–Crippen LogP) is 4.86. The Balaban J connectivity index is 1.73. The molecular weight excluding hydrogens is 376 g/mol. The van der Waals surface area contributed by atoms with Gasteiger partial charge in [0.05, 0.1) is 12.3 Å². The molecule has 0 atom stereocenters. The monoisotopic (exact) mass is 410 g/mol. The first kappa shape index (κ1) is 23.5. The van der Waals surface area contributed by atoms with Crippen molar-refractivity contribution in [2.24, 2.45) is 5.16 Å². The van der Waals surface area contributed by atoms with Gasteiger partial charge in [0.25, 0.3) is 0 Å². The summed E-state index contributed by atoms with van der Waals surface area (Å²) in [6.45, 7) is 8.88. The second kappa shape index (κ2) is 13.4. The van der Waals surface area contributed by atoms with Crippen LogP contribution in [0.2, 0.25) is 0 Å². The fourth-order valence-electron chi connectivity index (χ4n) is 3.15. The maximum absolute atomic E-state index is 6.03. The van der Waals surface area contributed by atoms with Crippen molar-refractivity contribution in [1.82, 2.24) is 5.32 Å². The molecule has 2 aromatic carbocycles. The molecule has 0 radical (unpaired) electrons. The van der Waals surface area contributed by atoms with Gasteiger partial charge in [0.1, 0.15) is 25.2 Å². The number of ether oxygens (including phenoxy) is 2. The Labute approximate surface area is 180 Å². The smallest absolute Gasteiger partial charge is 0.125 e. The summed E-state index contributed by atoms with van der Waals surface area (Å²) in [4.78, 5) is 4.99. The van der Waals surface area contributed by atoms with Gasteiger partial charge in [-0.05, 0) is 62.6 Å². The predicted molar refractivity (Wildman–Crippen MR) is 124 cm³/mol. The molecule has 5 nitrogen and oxygen atoms in total. The van der Waals surface area contributed by atoms with Crippen molar-refractivity contribution < 1.29 is 14.3 Å². The molecule has 2 rings (SSSR count). The minimum Gasteiger partial charge on any atom is -0.493 e. The Morgan fingerprint density at radius 2 is 1.80 bits per heavy atom. The van der Waals surface area contributed by atoms with Crippen molar-refractivity contribution in [3.8, 4) is 11.5 Å². The van der Waals surface area contributed by atoms with Gasteiger partial charge in [-0.15, -0.1) is 0 Å². The number of allylic oxidation sites excluding steroid dienone is 1. The standard InChI is InChI=1S/C25H34N2O3/c1-5-6-14-29-24-16-20(2)25(21(3)17-24)30-15-10-13-26-19-23(27-28-4)18-22-11-8-7-9-12-22/h5-9,11-12,16-17,26H,10,13-15,18-19H2,1-4H3/b6-5+,27-23+. The fraction of sp³-hybridized carbons (Fsp3) is 0.400. The number of benzene rings is 2. The number of hydrogen-bond donors (Lipinski definition) is 1. The molecule has 0 spiro atoms. The molecule has 0 aliphatic heterocycles. The van der Waals surface area contributed by atoms with Gasteiger partial charge < -0.3 is 19.6 Å². The van der Waals surface area contributed by atoms with E-state index in [1.807, 2.05) is 49.4 Å². The lowest BCUT2D eigenvalue weighted by Gasteiger charge is -2.14. The lowest BCUT2D eigenvalue weighted by molar-refractivity contribution is 0.212. The molecule has 162 valence electrons. The second-order valence-electron chi connectivity index (χ2n) is 7.15. The van der Waals surface area contributed by atoms with Gasteiger partial charge in [0, 0.05) is 13.0 Å². The Bertz CT molecular complexity index is 793. The Morgan fingerprint density at radius 1 is 1.07 bits per heavy atom. The normalized spacial score (nSPS) is 11.7. The van der Waals surface area contributed by atoms with Gasteiger partial charge in [0.15, 0.2) is 0 Å². The second-order valence-corrected chi connectivity index (χ2v) is 7.15. The van der Waals surface area contributed by atoms with E-state index in [2.05, 4.69) is 36.5 Å². The number of hydrogen-bond acceptors (Lipinski definition) is 5. The molecule has 1 N–H and O–H groups in total. The van der Waals surface area contributed by atoms with E-state index in [1.54, 1.807) is 7.11 Å². The maximum atomic E-state index is 6.03. The molecule has 0 aliphatic carbocycles. The van der Waals surface area contributed by atoms with Crippen LogP contribution in [0.4, 0.5) is 0 Å². The van der Waals surface area contributed by atoms with Gasteiger partial charge >= 0.3 is 0 Å². The van der Waals surface area contributed by atoms with Crippen LogP contribution in [-0.4, -0.2) is 39.1 Å². The summed E-state index contributed by atoms with van der Waals surface area (Å²) < 4.78 is 11.8. The molecule has 30 heavy (non-hydrogen) atoms. The molecule has 0 unspecified atom stereocenters. The lowest BCUT2D eigenvalue weighted by atomic mass is 10.1. The highest BCUT2D eigenvalue weighted by atomic mass is 16.6. The van der Waals surface area contributed by atoms with E-state index in [9.17, 15) is 0 Å². The summed E-state index contributed by atoms with van der Waals surface area (Å²) >= 11 is 0. The number of oxime groups is 1. The highest BCUT2D eigenvalue weighted by molar-refractivity contribution is 5.87. The molecule has 0 aliphatic rings. The first-order valence-corrected chi connectivity index (χ1v) is 10.5. The zero-order valence-electron chi connectivity index (χ0n) is 18.6. The SMILES string of the molecule is C/C=C/COc1cc(C)c(OCCCNC/C(Cc2ccccc2)=N/OC)c(C)c1. The number of nitrogens with one attached hydrogen (secondary N) is 1. The molecule has 0 saturated heterocycles. The van der Waals surface area contributed by atoms with E-state index in [0.29, 0.717) is 19.8 Å². The summed E-state index contributed by atoms with van der Waals surface area (Å²) in [6.07, 6.45) is 5.66. The molecule has 0 bridgehead atoms. The molecule has 0 amide bonds. The maximum Gasteiger partial charge on any atom is 0.125 e. The summed E-state index contributed by atoms with van der Waals surface area (Å²) in [7, 11) is 1.58. The zero-order chi connectivity index (χ0) is 21.6. The van der Waals surface area contributed by atoms with Crippen LogP contribution in [0.5, 0.6) is 11.5 Å². The van der Waals surface area contributed by atoms with Crippen molar-refractivity contribution >= 4 is 5.71 Å². The third-order valence-corrected chi connectivity index (χ3v) is 4.56. The topological polar surface area (TPSA) is 52.1 Å². The van der Waals surface area contributed by atoms with Gasteiger partial charge in [-0.1, -0.05) is 47.6 Å². The van der Waals surface area contributed by atoms with Crippen LogP contribution in [-0.2, 0) is 11.3 Å². The van der Waals surface area contributed by atoms with E-state index in [-0.39, 0.29) is 0 Å². The fourth-order valence-corrected chi connectivity index (χ4v) is 3.15. The largest absolute Gasteiger partial charge is 0.493 e. The quantitative estimate of drug-likeness (QED) is 0.222. The molecule has 0 fully saturated rings. The van der Waals surface area contributed by atoms with E-state index in [1.165, 1.54) is 5.56 Å². The third kappa shape index (κ3) is 8.29. The van der Waals surface area contributed by atoms with Gasteiger partial charge in [-0.2, -0.15) is 0 Å². The van der Waals surface area contributed by atoms with E-state index in [0.717, 1.165) is 47.7 Å². The third-order valence-electron chi connectivity index (χ3n) is 4.56. The minimum atomic E-state index is 0.583. The van der Waals surface area contributed by atoms with Crippen LogP contribution in [0.15, 0.2) is 59.8 Å². The van der Waals surface area contributed by atoms with Crippen LogP contribution >= 0.6 is 0 Å². The average molecular weight is 411 g/mol. The zero-order valence-corrected chi connectivity index (χ0v) is 18.6. The van der Waals surface area contributed by atoms with Crippen LogP contribution in [0.1, 0.15) is 30.0 Å². The van der Waals surface area contributed by atoms with Crippen LogP contribution in [0.25, 0.3) is 0 Å². The summed E-state index contributed by atoms with van der Waals surface area (Å²) in [5.74, 6) is 1.82. The first-order chi connectivity index (χ1) is 14.6. The molecule has 0 saturated carbocycles. The van der Waals surface area contributed by atoms with Gasteiger partial charge in [-0.25, -0.2) is 0 Å². The van der Waals surface area contributed by atoms with Crippen LogP contribution < -0.4 is 14.8 Å². The van der Waals surface area contributed by atoms with E-state index < -0.39 is 0 Å². The molecule has 0 heterocycles. The number of aryl methyl sites for hydroxylation is 2. The lowest BCUT2D eigenvalue weighted by Crippen LogP contribution is -2.26. The van der Waals surface area contributed by atoms with Crippen molar-refractivity contribution in [3.05, 3.63) is 71.3 Å². The summed E-state index contributed by atoms with van der Waals surface area (Å²) in [6, 6.07) is 14.3. The Morgan fingerprint density at radius 3 is 2.47 bits per heavy atom. The number of nitrogens with zero attached hydrogens (tertiary/aromatic N) is 1. The molecular formula is C25H34N2O3. The van der Waals surface area contributed by atoms with Crippen LogP contribution in [0.3, 0.4) is 0 Å². The van der Waals surface area contributed by atoms with Crippen molar-refractivity contribution in [1.29, 1.82) is 0 Å². The highest BCUT2D eigenvalue weighted by Gasteiger charge is 2.07. The summed E-state index contributed by atoms with van der Waals surface area (Å²) in [5, 5.41) is 7.58. The molecule has 0 aromatic heterocycles. The van der Waals surface area contributed by atoms with Crippen molar-refractivity contribution in [2.45, 2.75) is 33.6 Å². The average Bonchev–Trinajstić information content (AvgIpc) is 2.73. The van der Waals surface area contributed by atoms with Crippen LogP contribution in [0, 0.1) is 13.8 Å². The van der Waals surface area contributed by atoms with Crippen molar-refractivity contribution in [3.63, 3.8) is 0 Å².